The molecule has 20 heavy (non-hydrogen) atoms. The number of rotatable bonds is 8. The van der Waals surface area contributed by atoms with Gasteiger partial charge in [0.25, 0.3) is 0 Å². The van der Waals surface area contributed by atoms with Crippen molar-refractivity contribution in [3.8, 4) is 0 Å². The lowest BCUT2D eigenvalue weighted by molar-refractivity contribution is 1.02. The molecule has 0 N–H and O–H groups in total. The average Bonchev–Trinajstić information content (AvgIpc) is 2.52. The summed E-state index contributed by atoms with van der Waals surface area (Å²) in [6, 6.07) is 10.6. The van der Waals surface area contributed by atoms with Crippen LogP contribution in [0.15, 0.2) is 65.6 Å². The lowest BCUT2D eigenvalue weighted by atomic mass is 10.1. The Kier molecular flexibility index (Phi) is 8.13. The summed E-state index contributed by atoms with van der Waals surface area (Å²) in [5.74, 6) is 3.31. The Morgan fingerprint density at radius 3 is 2.75 bits per heavy atom. The van der Waals surface area contributed by atoms with E-state index < -0.39 is 0 Å². The molecule has 0 radical (unpaired) electrons. The number of allylic oxidation sites excluding steroid dienone is 3. The molecule has 106 valence electrons. The zero-order valence-corrected chi connectivity index (χ0v) is 14.0. The highest BCUT2D eigenvalue weighted by atomic mass is 33.1. The summed E-state index contributed by atoms with van der Waals surface area (Å²) in [4.78, 5) is 0. The molecule has 0 unspecified atom stereocenters. The van der Waals surface area contributed by atoms with Crippen molar-refractivity contribution in [2.24, 2.45) is 0 Å². The zero-order chi connectivity index (χ0) is 13.9. The van der Waals surface area contributed by atoms with Crippen LogP contribution in [0.4, 0.5) is 0 Å². The fourth-order valence-electron chi connectivity index (χ4n) is 1.81. The van der Waals surface area contributed by atoms with E-state index >= 15 is 0 Å². The maximum atomic E-state index is 2.36. The van der Waals surface area contributed by atoms with Gasteiger partial charge >= 0.3 is 0 Å². The SMILES string of the molecule is C1=CC(CSC/C=C/SSCc2ccccc2)=CCC1. The van der Waals surface area contributed by atoms with Gasteiger partial charge in [-0.25, -0.2) is 0 Å². The lowest BCUT2D eigenvalue weighted by Gasteiger charge is -2.04. The molecule has 0 fully saturated rings. The van der Waals surface area contributed by atoms with Crippen molar-refractivity contribution in [2.45, 2.75) is 18.6 Å². The normalized spacial score (nSPS) is 14.7. The molecule has 1 aliphatic carbocycles. The third-order valence-corrected chi connectivity index (χ3v) is 5.79. The molecule has 0 heterocycles. The van der Waals surface area contributed by atoms with Crippen LogP contribution in [0.2, 0.25) is 0 Å². The molecule has 2 rings (SSSR count). The maximum absolute atomic E-state index is 2.36. The van der Waals surface area contributed by atoms with Crippen molar-refractivity contribution in [1.82, 2.24) is 0 Å². The monoisotopic (exact) mass is 320 g/mol. The van der Waals surface area contributed by atoms with E-state index in [4.69, 9.17) is 0 Å². The molecule has 0 aliphatic heterocycles. The first-order chi connectivity index (χ1) is 9.95. The van der Waals surface area contributed by atoms with Gasteiger partial charge < -0.3 is 0 Å². The first kappa shape index (κ1) is 15.9. The Morgan fingerprint density at radius 2 is 1.95 bits per heavy atom. The summed E-state index contributed by atoms with van der Waals surface area (Å²) in [7, 11) is 3.72. The van der Waals surface area contributed by atoms with Crippen LogP contribution in [0.25, 0.3) is 0 Å². The van der Waals surface area contributed by atoms with Gasteiger partial charge in [-0.2, -0.15) is 11.8 Å². The lowest BCUT2D eigenvalue weighted by Crippen LogP contribution is -1.88. The van der Waals surface area contributed by atoms with Crippen molar-refractivity contribution in [2.75, 3.05) is 11.5 Å². The Hall–Kier alpha value is -0.510. The molecule has 0 aromatic heterocycles. The second-order valence-electron chi connectivity index (χ2n) is 4.49. The van der Waals surface area contributed by atoms with E-state index in [1.165, 1.54) is 24.0 Å². The highest BCUT2D eigenvalue weighted by molar-refractivity contribution is 8.77. The molecular weight excluding hydrogens is 300 g/mol. The Morgan fingerprint density at radius 1 is 1.05 bits per heavy atom. The number of thioether (sulfide) groups is 1. The van der Waals surface area contributed by atoms with Crippen molar-refractivity contribution in [1.29, 1.82) is 0 Å². The third-order valence-electron chi connectivity index (χ3n) is 2.84. The van der Waals surface area contributed by atoms with Gasteiger partial charge in [-0.05, 0) is 29.4 Å². The van der Waals surface area contributed by atoms with Gasteiger partial charge in [-0.1, -0.05) is 76.2 Å². The minimum atomic E-state index is 1.07. The second-order valence-corrected chi connectivity index (χ2v) is 7.79. The van der Waals surface area contributed by atoms with Gasteiger partial charge in [-0.15, -0.1) is 0 Å². The summed E-state index contributed by atoms with van der Waals surface area (Å²) in [6.45, 7) is 0. The summed E-state index contributed by atoms with van der Waals surface area (Å²) in [5, 5.41) is 2.21. The summed E-state index contributed by atoms with van der Waals surface area (Å²) < 4.78 is 0. The largest absolute Gasteiger partial charge is 0.153 e. The van der Waals surface area contributed by atoms with Gasteiger partial charge in [-0.3, -0.25) is 0 Å². The molecule has 1 aromatic rings. The van der Waals surface area contributed by atoms with E-state index in [0.717, 1.165) is 17.3 Å². The number of hydrogen-bond acceptors (Lipinski definition) is 3. The smallest absolute Gasteiger partial charge is 0.0291 e. The van der Waals surface area contributed by atoms with Gasteiger partial charge in [0.1, 0.15) is 0 Å². The average molecular weight is 321 g/mol. The van der Waals surface area contributed by atoms with E-state index in [2.05, 4.69) is 60.0 Å². The van der Waals surface area contributed by atoms with Gasteiger partial charge in [0, 0.05) is 17.3 Å². The molecule has 0 atom stereocenters. The van der Waals surface area contributed by atoms with Crippen LogP contribution in [0.5, 0.6) is 0 Å². The van der Waals surface area contributed by atoms with Crippen LogP contribution in [0, 0.1) is 0 Å². The van der Waals surface area contributed by atoms with E-state index in [-0.39, 0.29) is 0 Å². The topological polar surface area (TPSA) is 0 Å². The predicted octanol–water partition coefficient (Wildman–Crippen LogP) is 6.09. The molecule has 0 nitrogen and oxygen atoms in total. The quantitative estimate of drug-likeness (QED) is 0.420. The van der Waals surface area contributed by atoms with Crippen molar-refractivity contribution >= 4 is 33.3 Å². The fraction of sp³-hybridized carbons (Fsp3) is 0.294. The molecule has 0 spiro atoms. The van der Waals surface area contributed by atoms with Crippen LogP contribution >= 0.6 is 33.3 Å². The van der Waals surface area contributed by atoms with E-state index in [0.29, 0.717) is 0 Å². The first-order valence-electron chi connectivity index (χ1n) is 6.85. The van der Waals surface area contributed by atoms with Crippen LogP contribution in [0.1, 0.15) is 18.4 Å². The Labute approximate surface area is 134 Å². The van der Waals surface area contributed by atoms with Gasteiger partial charge in [0.05, 0.1) is 0 Å². The summed E-state index contributed by atoms with van der Waals surface area (Å²) >= 11 is 1.99. The number of benzene rings is 1. The second kappa shape index (κ2) is 10.3. The van der Waals surface area contributed by atoms with Crippen LogP contribution in [0.3, 0.4) is 0 Å². The fourth-order valence-corrected chi connectivity index (χ4v) is 4.47. The van der Waals surface area contributed by atoms with E-state index in [1.807, 2.05) is 33.3 Å². The van der Waals surface area contributed by atoms with Crippen molar-refractivity contribution in [3.05, 3.63) is 71.2 Å². The predicted molar refractivity (Wildman–Crippen MR) is 98.3 cm³/mol. The molecule has 0 saturated heterocycles. The van der Waals surface area contributed by atoms with E-state index in [1.54, 1.807) is 0 Å². The molecule has 0 bridgehead atoms. The highest BCUT2D eigenvalue weighted by Gasteiger charge is 1.96. The standard InChI is InChI=1S/C17H20S3/c1-3-8-16(9-4-1)14-18-12-7-13-19-20-15-17-10-5-2-6-11-17/h2-3,5-11,13H,1,4,12,14-15H2/b13-7+. The van der Waals surface area contributed by atoms with Crippen LogP contribution in [-0.4, -0.2) is 11.5 Å². The molecule has 0 saturated carbocycles. The Balaban J connectivity index is 1.49. The summed E-state index contributed by atoms with van der Waals surface area (Å²) in [5.41, 5.74) is 2.88. The number of hydrogen-bond donors (Lipinski definition) is 0. The van der Waals surface area contributed by atoms with Crippen LogP contribution < -0.4 is 0 Å². The zero-order valence-electron chi connectivity index (χ0n) is 11.5. The molecule has 1 aromatic carbocycles. The minimum absolute atomic E-state index is 1.07. The van der Waals surface area contributed by atoms with Gasteiger partial charge in [0.2, 0.25) is 0 Å². The Bertz CT molecular complexity index is 460. The highest BCUT2D eigenvalue weighted by Crippen LogP contribution is 2.27. The van der Waals surface area contributed by atoms with Gasteiger partial charge in [0.15, 0.2) is 0 Å². The molecule has 0 amide bonds. The van der Waals surface area contributed by atoms with Crippen molar-refractivity contribution < 1.29 is 0 Å². The van der Waals surface area contributed by atoms with Crippen LogP contribution in [-0.2, 0) is 5.75 Å². The molecular formula is C17H20S3. The minimum Gasteiger partial charge on any atom is -0.153 e. The van der Waals surface area contributed by atoms with E-state index in [9.17, 15) is 0 Å². The first-order valence-corrected chi connectivity index (χ1v) is 10.4. The maximum Gasteiger partial charge on any atom is 0.0291 e. The van der Waals surface area contributed by atoms with Crippen molar-refractivity contribution in [3.63, 3.8) is 0 Å². The molecule has 3 heteroatoms. The third kappa shape index (κ3) is 6.78. The molecule has 1 aliphatic rings. The summed E-state index contributed by atoms with van der Waals surface area (Å²) in [6.07, 6.45) is 11.6.